The molecule has 2 heterocycles. The van der Waals surface area contributed by atoms with Gasteiger partial charge in [0.25, 0.3) is 12.9 Å². The maximum atomic E-state index is 12.6. The average Bonchev–Trinajstić information content (AvgIpc) is 2.69. The Hall–Kier alpha value is -3.49. The van der Waals surface area contributed by atoms with Crippen LogP contribution in [0.2, 0.25) is 0 Å². The van der Waals surface area contributed by atoms with Crippen molar-refractivity contribution in [1.82, 2.24) is 9.97 Å². The normalized spacial score (nSPS) is 10.6. The minimum Gasteiger partial charge on any atom is -0.506 e. The highest BCUT2D eigenvalue weighted by molar-refractivity contribution is 5.70. The Kier molecular flexibility index (Phi) is 7.64. The van der Waals surface area contributed by atoms with Crippen LogP contribution in [0.15, 0.2) is 60.8 Å². The zero-order valence-electron chi connectivity index (χ0n) is 14.8. The molecular weight excluding hydrogens is 392 g/mol. The first-order valence-electron chi connectivity index (χ1n) is 8.26. The van der Waals surface area contributed by atoms with Gasteiger partial charge in [0.05, 0.1) is 12.1 Å². The standard InChI is InChI=1S/C12H8F4N2O.C8H8O2/c13-11(14)8-5-6(3-4-17-8)7-1-2-9(19)10(18-7)12(15)16;9-8(10)6-7-4-2-1-3-5-7/h1-5,11-12,19H;1-5H,6H2,(H,9,10). The molecule has 0 bridgehead atoms. The van der Waals surface area contributed by atoms with Gasteiger partial charge in [0, 0.05) is 11.8 Å². The molecule has 0 saturated carbocycles. The van der Waals surface area contributed by atoms with E-state index in [1.807, 2.05) is 18.2 Å². The Morgan fingerprint density at radius 1 is 0.966 bits per heavy atom. The SMILES string of the molecule is O=C(O)Cc1ccccc1.Oc1ccc(-c2ccnc(C(F)F)c2)nc1C(F)F. The lowest BCUT2D eigenvalue weighted by Crippen LogP contribution is -1.98. The summed E-state index contributed by atoms with van der Waals surface area (Å²) in [7, 11) is 0. The van der Waals surface area contributed by atoms with E-state index in [9.17, 15) is 27.5 Å². The van der Waals surface area contributed by atoms with Crippen LogP contribution in [0.5, 0.6) is 5.75 Å². The smallest absolute Gasteiger partial charge is 0.307 e. The first kappa shape index (κ1) is 21.8. The molecular formula is C20H16F4N2O3. The number of nitrogens with zero attached hydrogens (tertiary/aromatic N) is 2. The van der Waals surface area contributed by atoms with Crippen molar-refractivity contribution >= 4 is 5.97 Å². The van der Waals surface area contributed by atoms with E-state index in [1.165, 1.54) is 12.1 Å². The van der Waals surface area contributed by atoms with E-state index in [0.717, 1.165) is 23.9 Å². The van der Waals surface area contributed by atoms with Gasteiger partial charge in [-0.2, -0.15) is 0 Å². The van der Waals surface area contributed by atoms with Crippen molar-refractivity contribution in [1.29, 1.82) is 0 Å². The van der Waals surface area contributed by atoms with Gasteiger partial charge in [-0.25, -0.2) is 22.5 Å². The van der Waals surface area contributed by atoms with Crippen molar-refractivity contribution in [3.8, 4) is 17.0 Å². The molecule has 0 aliphatic carbocycles. The van der Waals surface area contributed by atoms with E-state index in [1.54, 1.807) is 12.1 Å². The number of aromatic hydroxyl groups is 1. The molecule has 0 radical (unpaired) electrons. The van der Waals surface area contributed by atoms with Gasteiger partial charge < -0.3 is 10.2 Å². The summed E-state index contributed by atoms with van der Waals surface area (Å²) in [6, 6.07) is 13.9. The number of benzene rings is 1. The van der Waals surface area contributed by atoms with Gasteiger partial charge in [-0.15, -0.1) is 0 Å². The number of hydrogen-bond acceptors (Lipinski definition) is 4. The van der Waals surface area contributed by atoms with E-state index in [-0.39, 0.29) is 17.7 Å². The molecule has 0 saturated heterocycles. The maximum absolute atomic E-state index is 12.6. The van der Waals surface area contributed by atoms with E-state index in [2.05, 4.69) is 9.97 Å². The molecule has 0 atom stereocenters. The molecule has 0 unspecified atom stereocenters. The number of carboxylic acid groups (broad SMARTS) is 1. The molecule has 2 N–H and O–H groups in total. The van der Waals surface area contributed by atoms with Crippen molar-refractivity contribution in [2.45, 2.75) is 19.3 Å². The van der Waals surface area contributed by atoms with E-state index in [0.29, 0.717) is 0 Å². The zero-order chi connectivity index (χ0) is 21.4. The maximum Gasteiger partial charge on any atom is 0.307 e. The van der Waals surface area contributed by atoms with Crippen molar-refractivity contribution < 1.29 is 32.6 Å². The van der Waals surface area contributed by atoms with Crippen LogP contribution in [0.4, 0.5) is 17.6 Å². The molecule has 2 aromatic heterocycles. The second-order valence-corrected chi connectivity index (χ2v) is 5.73. The van der Waals surface area contributed by atoms with E-state index < -0.39 is 36.0 Å². The van der Waals surface area contributed by atoms with Crippen LogP contribution in [-0.4, -0.2) is 26.2 Å². The Morgan fingerprint density at radius 3 is 2.24 bits per heavy atom. The van der Waals surface area contributed by atoms with Gasteiger partial charge in [-0.3, -0.25) is 9.78 Å². The second kappa shape index (κ2) is 10.2. The third kappa shape index (κ3) is 6.56. The Bertz CT molecular complexity index is 953. The Balaban J connectivity index is 0.000000253. The summed E-state index contributed by atoms with van der Waals surface area (Å²) >= 11 is 0. The van der Waals surface area contributed by atoms with Gasteiger partial charge in [0.1, 0.15) is 17.1 Å². The van der Waals surface area contributed by atoms with Gasteiger partial charge in [0.2, 0.25) is 0 Å². The number of hydrogen-bond donors (Lipinski definition) is 2. The summed E-state index contributed by atoms with van der Waals surface area (Å²) < 4.78 is 50.1. The fourth-order valence-electron chi connectivity index (χ4n) is 2.29. The van der Waals surface area contributed by atoms with Gasteiger partial charge >= 0.3 is 5.97 Å². The number of alkyl halides is 4. The van der Waals surface area contributed by atoms with Crippen molar-refractivity contribution in [3.63, 3.8) is 0 Å². The summed E-state index contributed by atoms with van der Waals surface area (Å²) in [6.45, 7) is 0. The van der Waals surface area contributed by atoms with Crippen LogP contribution < -0.4 is 0 Å². The van der Waals surface area contributed by atoms with Crippen molar-refractivity contribution in [2.75, 3.05) is 0 Å². The molecule has 5 nitrogen and oxygen atoms in total. The molecule has 9 heteroatoms. The molecule has 0 aliphatic heterocycles. The zero-order valence-corrected chi connectivity index (χ0v) is 14.8. The Labute approximate surface area is 163 Å². The summed E-state index contributed by atoms with van der Waals surface area (Å²) in [4.78, 5) is 17.2. The number of carbonyl (C=O) groups is 1. The number of aliphatic carboxylic acids is 1. The summed E-state index contributed by atoms with van der Waals surface area (Å²) in [5, 5.41) is 17.6. The first-order valence-corrected chi connectivity index (χ1v) is 8.26. The van der Waals surface area contributed by atoms with Crippen LogP contribution >= 0.6 is 0 Å². The van der Waals surface area contributed by atoms with Crippen molar-refractivity contribution in [2.24, 2.45) is 0 Å². The van der Waals surface area contributed by atoms with Gasteiger partial charge in [-0.1, -0.05) is 30.3 Å². The third-order valence-corrected chi connectivity index (χ3v) is 3.61. The number of rotatable bonds is 5. The predicted molar refractivity (Wildman–Crippen MR) is 96.8 cm³/mol. The number of aromatic nitrogens is 2. The average molecular weight is 408 g/mol. The minimum absolute atomic E-state index is 0.0670. The highest BCUT2D eigenvalue weighted by atomic mass is 19.3. The lowest BCUT2D eigenvalue weighted by Gasteiger charge is -2.07. The summed E-state index contributed by atoms with van der Waals surface area (Å²) in [6.07, 6.45) is -4.45. The quantitative estimate of drug-likeness (QED) is 0.578. The number of pyridine rings is 2. The highest BCUT2D eigenvalue weighted by Crippen LogP contribution is 2.30. The number of halogens is 4. The highest BCUT2D eigenvalue weighted by Gasteiger charge is 2.17. The fraction of sp³-hybridized carbons (Fsp3) is 0.150. The largest absolute Gasteiger partial charge is 0.506 e. The summed E-state index contributed by atoms with van der Waals surface area (Å²) in [5.41, 5.74) is -0.113. The predicted octanol–water partition coefficient (Wildman–Crippen LogP) is 5.04. The van der Waals surface area contributed by atoms with Crippen molar-refractivity contribution in [3.05, 3.63) is 77.7 Å². The summed E-state index contributed by atoms with van der Waals surface area (Å²) in [5.74, 6) is -1.42. The molecule has 0 spiro atoms. The van der Waals surface area contributed by atoms with E-state index in [4.69, 9.17) is 5.11 Å². The van der Waals surface area contributed by atoms with Crippen LogP contribution in [0.25, 0.3) is 11.3 Å². The molecule has 1 aromatic carbocycles. The van der Waals surface area contributed by atoms with E-state index >= 15 is 0 Å². The minimum atomic E-state index is -2.95. The molecule has 29 heavy (non-hydrogen) atoms. The molecule has 152 valence electrons. The number of carboxylic acids is 1. The monoisotopic (exact) mass is 408 g/mol. The molecule has 3 rings (SSSR count). The van der Waals surface area contributed by atoms with Gasteiger partial charge in [0.15, 0.2) is 0 Å². The molecule has 0 fully saturated rings. The van der Waals surface area contributed by atoms with Crippen LogP contribution in [-0.2, 0) is 11.2 Å². The third-order valence-electron chi connectivity index (χ3n) is 3.61. The fourth-order valence-corrected chi connectivity index (χ4v) is 2.29. The molecule has 0 aliphatic rings. The molecule has 0 amide bonds. The topological polar surface area (TPSA) is 83.3 Å². The molecule has 3 aromatic rings. The van der Waals surface area contributed by atoms with Gasteiger partial charge in [-0.05, 0) is 29.8 Å². The lowest BCUT2D eigenvalue weighted by molar-refractivity contribution is -0.136. The van der Waals surface area contributed by atoms with Crippen LogP contribution in [0.3, 0.4) is 0 Å². The first-order chi connectivity index (χ1) is 13.8. The van der Waals surface area contributed by atoms with Crippen LogP contribution in [0, 0.1) is 0 Å². The van der Waals surface area contributed by atoms with Crippen LogP contribution in [0.1, 0.15) is 29.8 Å². The second-order valence-electron chi connectivity index (χ2n) is 5.73. The lowest BCUT2D eigenvalue weighted by atomic mass is 10.1. The Morgan fingerprint density at radius 2 is 1.66 bits per heavy atom.